The summed E-state index contributed by atoms with van der Waals surface area (Å²) in [4.78, 5) is 34.6. The topological polar surface area (TPSA) is 123 Å². The van der Waals surface area contributed by atoms with Crippen molar-refractivity contribution >= 4 is 23.6 Å². The number of nitrogen functional groups attached to an aromatic ring is 1. The van der Waals surface area contributed by atoms with Crippen LogP contribution in [-0.2, 0) is 33.3 Å². The van der Waals surface area contributed by atoms with Gasteiger partial charge in [-0.15, -0.1) is 0 Å². The van der Waals surface area contributed by atoms with E-state index in [0.29, 0.717) is 11.4 Å². The highest BCUT2D eigenvalue weighted by atomic mass is 16.7. The van der Waals surface area contributed by atoms with E-state index in [9.17, 15) is 14.4 Å². The Morgan fingerprint density at radius 2 is 1.33 bits per heavy atom. The second-order valence-electron chi connectivity index (χ2n) is 6.12. The van der Waals surface area contributed by atoms with Crippen molar-refractivity contribution in [2.24, 2.45) is 0 Å². The molecular weight excluding hydrogens is 358 g/mol. The minimum atomic E-state index is -1.15. The van der Waals surface area contributed by atoms with Gasteiger partial charge in [0, 0.05) is 26.5 Å². The van der Waals surface area contributed by atoms with Crippen LogP contribution in [0.25, 0.3) is 0 Å². The molecule has 1 aliphatic heterocycles. The molecule has 148 valence electrons. The molecule has 1 heterocycles. The van der Waals surface area contributed by atoms with Crippen molar-refractivity contribution in [2.45, 2.75) is 58.4 Å². The van der Waals surface area contributed by atoms with Gasteiger partial charge in [0.05, 0.1) is 6.10 Å². The van der Waals surface area contributed by atoms with Crippen molar-refractivity contribution < 1.29 is 38.1 Å². The van der Waals surface area contributed by atoms with Crippen molar-refractivity contribution in [3.05, 3.63) is 24.3 Å². The lowest BCUT2D eigenvalue weighted by Gasteiger charge is -2.43. The molecule has 0 spiro atoms. The van der Waals surface area contributed by atoms with E-state index in [4.69, 9.17) is 29.4 Å². The van der Waals surface area contributed by atoms with Gasteiger partial charge in [-0.3, -0.25) is 14.4 Å². The molecule has 5 atom stereocenters. The van der Waals surface area contributed by atoms with Crippen LogP contribution in [0.2, 0.25) is 0 Å². The van der Waals surface area contributed by atoms with Crippen LogP contribution in [0, 0.1) is 0 Å². The van der Waals surface area contributed by atoms with Crippen LogP contribution in [0.1, 0.15) is 27.7 Å². The number of carbonyl (C=O) groups is 3. The molecule has 1 aromatic carbocycles. The Hall–Kier alpha value is -2.81. The van der Waals surface area contributed by atoms with E-state index in [0.717, 1.165) is 0 Å². The maximum Gasteiger partial charge on any atom is 0.303 e. The molecule has 0 saturated carbocycles. The number of rotatable bonds is 5. The number of ether oxygens (including phenoxy) is 5. The Balaban J connectivity index is 2.33. The molecule has 1 fully saturated rings. The third kappa shape index (κ3) is 5.58. The number of nitrogens with two attached hydrogens (primary N) is 1. The molecule has 5 unspecified atom stereocenters. The first-order valence-electron chi connectivity index (χ1n) is 8.36. The lowest BCUT2D eigenvalue weighted by molar-refractivity contribution is -0.280. The molecule has 0 amide bonds. The number of carbonyl (C=O) groups excluding carboxylic acids is 3. The Bertz CT molecular complexity index is 689. The Morgan fingerprint density at radius 3 is 1.85 bits per heavy atom. The van der Waals surface area contributed by atoms with Crippen LogP contribution in [0.5, 0.6) is 5.75 Å². The number of esters is 3. The second-order valence-corrected chi connectivity index (χ2v) is 6.12. The lowest BCUT2D eigenvalue weighted by Crippen LogP contribution is -2.62. The van der Waals surface area contributed by atoms with Crippen LogP contribution in [-0.4, -0.2) is 48.6 Å². The number of benzene rings is 1. The zero-order valence-electron chi connectivity index (χ0n) is 15.5. The first-order chi connectivity index (χ1) is 12.7. The average Bonchev–Trinajstić information content (AvgIpc) is 2.55. The summed E-state index contributed by atoms with van der Waals surface area (Å²) < 4.78 is 27.4. The fourth-order valence-corrected chi connectivity index (χ4v) is 2.75. The Kier molecular flexibility index (Phi) is 6.62. The standard InChI is InChI=1S/C18H23NO8/c1-9-15(24-10(2)20)16(25-11(3)21)17(26-12(4)22)18(23-9)27-14-7-5-13(19)6-8-14/h5-9,15-18H,19H2,1-4H3. The van der Waals surface area contributed by atoms with E-state index in [1.165, 1.54) is 20.8 Å². The molecule has 1 aromatic rings. The third-order valence-electron chi connectivity index (χ3n) is 3.77. The van der Waals surface area contributed by atoms with Crippen LogP contribution >= 0.6 is 0 Å². The molecule has 2 N–H and O–H groups in total. The second kappa shape index (κ2) is 8.72. The molecule has 1 aliphatic rings. The van der Waals surface area contributed by atoms with Crippen LogP contribution < -0.4 is 10.5 Å². The monoisotopic (exact) mass is 381 g/mol. The lowest BCUT2D eigenvalue weighted by atomic mass is 9.99. The highest BCUT2D eigenvalue weighted by Gasteiger charge is 2.51. The average molecular weight is 381 g/mol. The van der Waals surface area contributed by atoms with E-state index < -0.39 is 48.6 Å². The highest BCUT2D eigenvalue weighted by molar-refractivity contribution is 5.68. The van der Waals surface area contributed by atoms with Crippen LogP contribution in [0.15, 0.2) is 24.3 Å². The zero-order valence-corrected chi connectivity index (χ0v) is 15.5. The summed E-state index contributed by atoms with van der Waals surface area (Å²) in [5.74, 6) is -1.45. The highest BCUT2D eigenvalue weighted by Crippen LogP contribution is 2.30. The number of hydrogen-bond acceptors (Lipinski definition) is 9. The summed E-state index contributed by atoms with van der Waals surface area (Å²) in [7, 11) is 0. The van der Waals surface area contributed by atoms with Crippen molar-refractivity contribution in [1.29, 1.82) is 0 Å². The summed E-state index contributed by atoms with van der Waals surface area (Å²) in [5.41, 5.74) is 6.20. The van der Waals surface area contributed by atoms with Gasteiger partial charge >= 0.3 is 17.9 Å². The maximum absolute atomic E-state index is 11.6. The largest absolute Gasteiger partial charge is 0.461 e. The fraction of sp³-hybridized carbons (Fsp3) is 0.500. The number of anilines is 1. The van der Waals surface area contributed by atoms with Crippen molar-refractivity contribution in [3.8, 4) is 5.75 Å². The number of hydrogen-bond donors (Lipinski definition) is 1. The van der Waals surface area contributed by atoms with Crippen molar-refractivity contribution in [3.63, 3.8) is 0 Å². The summed E-state index contributed by atoms with van der Waals surface area (Å²) in [6, 6.07) is 6.50. The van der Waals surface area contributed by atoms with Gasteiger partial charge in [-0.1, -0.05) is 0 Å². The van der Waals surface area contributed by atoms with Gasteiger partial charge in [0.15, 0.2) is 12.2 Å². The molecule has 0 radical (unpaired) electrons. The predicted octanol–water partition coefficient (Wildman–Crippen LogP) is 1.19. The SMILES string of the molecule is CC(=O)OC1C(C)OC(Oc2ccc(N)cc2)C(OC(C)=O)C1OC(C)=O. The van der Waals surface area contributed by atoms with Gasteiger partial charge in [0.25, 0.3) is 0 Å². The smallest absolute Gasteiger partial charge is 0.303 e. The third-order valence-corrected chi connectivity index (χ3v) is 3.77. The van der Waals surface area contributed by atoms with Gasteiger partial charge in [-0.2, -0.15) is 0 Å². The zero-order chi connectivity index (χ0) is 20.1. The van der Waals surface area contributed by atoms with Crippen molar-refractivity contribution in [2.75, 3.05) is 5.73 Å². The molecule has 0 aromatic heterocycles. The van der Waals surface area contributed by atoms with E-state index in [1.807, 2.05) is 0 Å². The Labute approximate surface area is 156 Å². The molecule has 27 heavy (non-hydrogen) atoms. The Morgan fingerprint density at radius 1 is 0.852 bits per heavy atom. The van der Waals surface area contributed by atoms with Gasteiger partial charge < -0.3 is 29.4 Å². The van der Waals surface area contributed by atoms with Gasteiger partial charge in [-0.25, -0.2) is 0 Å². The maximum atomic E-state index is 11.6. The van der Waals surface area contributed by atoms with E-state index in [1.54, 1.807) is 31.2 Å². The van der Waals surface area contributed by atoms with E-state index >= 15 is 0 Å². The normalized spacial score (nSPS) is 27.3. The van der Waals surface area contributed by atoms with Crippen molar-refractivity contribution in [1.82, 2.24) is 0 Å². The quantitative estimate of drug-likeness (QED) is 0.455. The molecule has 9 nitrogen and oxygen atoms in total. The first-order valence-corrected chi connectivity index (χ1v) is 8.36. The van der Waals surface area contributed by atoms with Gasteiger partial charge in [0.1, 0.15) is 5.75 Å². The van der Waals surface area contributed by atoms with Gasteiger partial charge in [-0.05, 0) is 31.2 Å². The fourth-order valence-electron chi connectivity index (χ4n) is 2.75. The molecule has 2 rings (SSSR count). The van der Waals surface area contributed by atoms with Gasteiger partial charge in [0.2, 0.25) is 12.4 Å². The summed E-state index contributed by atoms with van der Waals surface area (Å²) >= 11 is 0. The predicted molar refractivity (Wildman–Crippen MR) is 92.5 cm³/mol. The minimum absolute atomic E-state index is 0.408. The van der Waals surface area contributed by atoms with Crippen LogP contribution in [0.3, 0.4) is 0 Å². The first kappa shape index (κ1) is 20.5. The molecule has 9 heteroatoms. The van der Waals surface area contributed by atoms with E-state index in [-0.39, 0.29) is 0 Å². The molecule has 1 saturated heterocycles. The summed E-state index contributed by atoms with van der Waals surface area (Å²) in [5, 5.41) is 0. The summed E-state index contributed by atoms with van der Waals surface area (Å²) in [6.45, 7) is 5.25. The molecule has 0 aliphatic carbocycles. The molecular formula is C18H23NO8. The van der Waals surface area contributed by atoms with E-state index in [2.05, 4.69) is 0 Å². The summed E-state index contributed by atoms with van der Waals surface area (Å²) in [6.07, 6.45) is -5.00. The molecule has 0 bridgehead atoms. The minimum Gasteiger partial charge on any atom is -0.461 e. The van der Waals surface area contributed by atoms with Crippen LogP contribution in [0.4, 0.5) is 5.69 Å².